The zero-order valence-electron chi connectivity index (χ0n) is 15.2. The largest absolute Gasteiger partial charge is 0.330 e. The molecule has 0 unspecified atom stereocenters. The first-order valence-corrected chi connectivity index (χ1v) is 9.97. The normalized spacial score (nSPS) is 11.0. The van der Waals surface area contributed by atoms with Crippen LogP contribution < -0.4 is 5.73 Å². The topological polar surface area (TPSA) is 43.1 Å². The van der Waals surface area contributed by atoms with Crippen LogP contribution in [0, 0.1) is 0 Å². The average molecular weight is 312 g/mol. The minimum atomic E-state index is 0.343. The number of hydrogen-bond donors (Lipinski definition) is 1. The van der Waals surface area contributed by atoms with Gasteiger partial charge in [-0.3, -0.25) is 0 Å². The molecular formula is C20H41NO. The zero-order chi connectivity index (χ0) is 16.3. The molecule has 0 aliphatic carbocycles. The van der Waals surface area contributed by atoms with Crippen LogP contribution in [-0.4, -0.2) is 12.3 Å². The first-order chi connectivity index (χ1) is 10.8. The second-order valence-electron chi connectivity index (χ2n) is 6.90. The SMILES string of the molecule is CC(=O)CCCCCCCCCCCCCCCCCCN. The molecule has 0 rings (SSSR count). The fourth-order valence-electron chi connectivity index (χ4n) is 2.99. The molecular weight excluding hydrogens is 270 g/mol. The van der Waals surface area contributed by atoms with Crippen LogP contribution in [0.5, 0.6) is 0 Å². The quantitative estimate of drug-likeness (QED) is 0.308. The highest BCUT2D eigenvalue weighted by Gasteiger charge is 1.96. The van der Waals surface area contributed by atoms with Gasteiger partial charge in [0.1, 0.15) is 5.78 Å². The summed E-state index contributed by atoms with van der Waals surface area (Å²) in [4.78, 5) is 10.8. The van der Waals surface area contributed by atoms with Gasteiger partial charge in [-0.05, 0) is 26.3 Å². The van der Waals surface area contributed by atoms with E-state index in [4.69, 9.17) is 5.73 Å². The van der Waals surface area contributed by atoms with Gasteiger partial charge < -0.3 is 10.5 Å². The molecule has 2 nitrogen and oxygen atoms in total. The van der Waals surface area contributed by atoms with Crippen molar-refractivity contribution in [1.29, 1.82) is 0 Å². The Morgan fingerprint density at radius 2 is 0.818 bits per heavy atom. The molecule has 2 N–H and O–H groups in total. The predicted molar refractivity (Wildman–Crippen MR) is 98.2 cm³/mol. The average Bonchev–Trinajstić information content (AvgIpc) is 2.50. The molecule has 0 fully saturated rings. The molecule has 0 spiro atoms. The summed E-state index contributed by atoms with van der Waals surface area (Å²) in [5.41, 5.74) is 5.49. The van der Waals surface area contributed by atoms with Crippen LogP contribution >= 0.6 is 0 Å². The maximum atomic E-state index is 10.8. The molecule has 0 radical (unpaired) electrons. The van der Waals surface area contributed by atoms with Crippen LogP contribution in [0.3, 0.4) is 0 Å². The molecule has 0 saturated carbocycles. The van der Waals surface area contributed by atoms with Crippen molar-refractivity contribution in [1.82, 2.24) is 0 Å². The number of carbonyl (C=O) groups excluding carboxylic acids is 1. The first-order valence-electron chi connectivity index (χ1n) is 9.97. The van der Waals surface area contributed by atoms with Gasteiger partial charge in [0.15, 0.2) is 0 Å². The highest BCUT2D eigenvalue weighted by atomic mass is 16.1. The van der Waals surface area contributed by atoms with E-state index in [2.05, 4.69) is 0 Å². The fraction of sp³-hybridized carbons (Fsp3) is 0.950. The number of ketones is 1. The molecule has 0 aromatic carbocycles. The number of hydrogen-bond acceptors (Lipinski definition) is 2. The smallest absolute Gasteiger partial charge is 0.129 e. The lowest BCUT2D eigenvalue weighted by atomic mass is 10.0. The second kappa shape index (κ2) is 18.7. The minimum absolute atomic E-state index is 0.343. The van der Waals surface area contributed by atoms with E-state index in [1.54, 1.807) is 6.92 Å². The van der Waals surface area contributed by atoms with Crippen LogP contribution in [-0.2, 0) is 4.79 Å². The van der Waals surface area contributed by atoms with Gasteiger partial charge in [-0.1, -0.05) is 89.9 Å². The van der Waals surface area contributed by atoms with Gasteiger partial charge >= 0.3 is 0 Å². The molecule has 0 aromatic heterocycles. The molecule has 0 atom stereocenters. The lowest BCUT2D eigenvalue weighted by Crippen LogP contribution is -1.97. The monoisotopic (exact) mass is 311 g/mol. The number of rotatable bonds is 18. The summed E-state index contributed by atoms with van der Waals surface area (Å²) in [5.74, 6) is 0.343. The predicted octanol–water partition coefficient (Wildman–Crippen LogP) is 6.17. The fourth-order valence-corrected chi connectivity index (χ4v) is 2.99. The third kappa shape index (κ3) is 19.6. The van der Waals surface area contributed by atoms with Crippen LogP contribution in [0.15, 0.2) is 0 Å². The van der Waals surface area contributed by atoms with E-state index in [9.17, 15) is 4.79 Å². The lowest BCUT2D eigenvalue weighted by Gasteiger charge is -2.03. The Kier molecular flexibility index (Phi) is 18.4. The Labute approximate surface area is 139 Å². The molecule has 132 valence electrons. The molecule has 0 amide bonds. The zero-order valence-corrected chi connectivity index (χ0v) is 15.2. The number of unbranched alkanes of at least 4 members (excludes halogenated alkanes) is 15. The van der Waals surface area contributed by atoms with E-state index in [0.29, 0.717) is 5.78 Å². The maximum absolute atomic E-state index is 10.8. The molecule has 0 aliphatic rings. The van der Waals surface area contributed by atoms with Crippen LogP contribution in [0.1, 0.15) is 116 Å². The minimum Gasteiger partial charge on any atom is -0.330 e. The van der Waals surface area contributed by atoms with Gasteiger partial charge in [0.2, 0.25) is 0 Å². The van der Waals surface area contributed by atoms with Gasteiger partial charge in [0.25, 0.3) is 0 Å². The third-order valence-electron chi connectivity index (χ3n) is 4.48. The Hall–Kier alpha value is -0.370. The summed E-state index contributed by atoms with van der Waals surface area (Å²) in [6.07, 6.45) is 22.5. The summed E-state index contributed by atoms with van der Waals surface area (Å²) in [7, 11) is 0. The highest BCUT2D eigenvalue weighted by molar-refractivity contribution is 5.75. The van der Waals surface area contributed by atoms with E-state index in [0.717, 1.165) is 19.4 Å². The summed E-state index contributed by atoms with van der Waals surface area (Å²) in [5, 5.41) is 0. The summed E-state index contributed by atoms with van der Waals surface area (Å²) >= 11 is 0. The summed E-state index contributed by atoms with van der Waals surface area (Å²) < 4.78 is 0. The van der Waals surface area contributed by atoms with E-state index in [-0.39, 0.29) is 0 Å². The molecule has 0 bridgehead atoms. The van der Waals surface area contributed by atoms with Crippen LogP contribution in [0.4, 0.5) is 0 Å². The van der Waals surface area contributed by atoms with E-state index < -0.39 is 0 Å². The highest BCUT2D eigenvalue weighted by Crippen LogP contribution is 2.13. The molecule has 0 aliphatic heterocycles. The van der Waals surface area contributed by atoms with Crippen LogP contribution in [0.2, 0.25) is 0 Å². The standard InChI is InChI=1S/C20H41NO/c1-20(22)18-16-14-12-10-8-6-4-2-3-5-7-9-11-13-15-17-19-21/h2-19,21H2,1H3. The first kappa shape index (κ1) is 21.6. The molecule has 22 heavy (non-hydrogen) atoms. The number of Topliss-reactive ketones (excluding diaryl/α,β-unsaturated/α-hetero) is 1. The van der Waals surface area contributed by atoms with E-state index in [1.807, 2.05) is 0 Å². The van der Waals surface area contributed by atoms with Crippen molar-refractivity contribution in [2.45, 2.75) is 116 Å². The van der Waals surface area contributed by atoms with Gasteiger partial charge in [0.05, 0.1) is 0 Å². The molecule has 2 heteroatoms. The summed E-state index contributed by atoms with van der Waals surface area (Å²) in [6, 6.07) is 0. The Morgan fingerprint density at radius 1 is 0.545 bits per heavy atom. The Morgan fingerprint density at radius 3 is 1.09 bits per heavy atom. The van der Waals surface area contributed by atoms with E-state index >= 15 is 0 Å². The van der Waals surface area contributed by atoms with Gasteiger partial charge in [-0.15, -0.1) is 0 Å². The molecule has 0 saturated heterocycles. The second-order valence-corrected chi connectivity index (χ2v) is 6.90. The molecule has 0 aromatic rings. The van der Waals surface area contributed by atoms with Gasteiger partial charge in [-0.25, -0.2) is 0 Å². The van der Waals surface area contributed by atoms with Gasteiger partial charge in [0, 0.05) is 6.42 Å². The van der Waals surface area contributed by atoms with Crippen molar-refractivity contribution < 1.29 is 4.79 Å². The number of carbonyl (C=O) groups is 1. The van der Waals surface area contributed by atoms with Crippen molar-refractivity contribution in [3.05, 3.63) is 0 Å². The number of nitrogens with two attached hydrogens (primary N) is 1. The summed E-state index contributed by atoms with van der Waals surface area (Å²) in [6.45, 7) is 2.56. The third-order valence-corrected chi connectivity index (χ3v) is 4.48. The van der Waals surface area contributed by atoms with Crippen molar-refractivity contribution in [3.63, 3.8) is 0 Å². The van der Waals surface area contributed by atoms with E-state index in [1.165, 1.54) is 96.3 Å². The van der Waals surface area contributed by atoms with Crippen molar-refractivity contribution in [2.75, 3.05) is 6.54 Å². The lowest BCUT2D eigenvalue weighted by molar-refractivity contribution is -0.117. The van der Waals surface area contributed by atoms with Gasteiger partial charge in [-0.2, -0.15) is 0 Å². The van der Waals surface area contributed by atoms with Crippen molar-refractivity contribution in [2.24, 2.45) is 5.73 Å². The van der Waals surface area contributed by atoms with Crippen LogP contribution in [0.25, 0.3) is 0 Å². The van der Waals surface area contributed by atoms with Crippen molar-refractivity contribution in [3.8, 4) is 0 Å². The Balaban J connectivity index is 2.95. The molecule has 0 heterocycles. The maximum Gasteiger partial charge on any atom is 0.129 e. The van der Waals surface area contributed by atoms with Crippen molar-refractivity contribution >= 4 is 5.78 Å². The Bertz CT molecular complexity index is 228.